The van der Waals surface area contributed by atoms with Gasteiger partial charge in [-0.05, 0) is 66.6 Å². The van der Waals surface area contributed by atoms with Crippen molar-refractivity contribution < 1.29 is 14.5 Å². The van der Waals surface area contributed by atoms with Crippen LogP contribution >= 0.6 is 22.6 Å². The van der Waals surface area contributed by atoms with E-state index >= 15 is 0 Å². The van der Waals surface area contributed by atoms with Crippen molar-refractivity contribution in [1.29, 1.82) is 0 Å². The lowest BCUT2D eigenvalue weighted by Gasteiger charge is -2.31. The van der Waals surface area contributed by atoms with Crippen LogP contribution in [0, 0.1) is 19.6 Å². The Morgan fingerprint density at radius 1 is 1.32 bits per heavy atom. The van der Waals surface area contributed by atoms with Gasteiger partial charge in [-0.25, -0.2) is 9.97 Å². The largest absolute Gasteiger partial charge is 0.466 e. The Bertz CT molecular complexity index is 854. The number of hydrogen-bond acceptors (Lipinski definition) is 8. The number of benzene rings is 1. The van der Waals surface area contributed by atoms with Crippen molar-refractivity contribution in [2.45, 2.75) is 19.8 Å². The second kappa shape index (κ2) is 9.13. The van der Waals surface area contributed by atoms with Crippen molar-refractivity contribution in [3.63, 3.8) is 0 Å². The standard InChI is InChI=1S/C18H20IN5O4/c1-2-28-18(25)12-7-9-23(10-8-12)17-15(24(26)27)16(20-11-21-17)22-14-5-3-13(19)4-6-14/h3-6,11-12H,2,7-10H2,1H3,(H,20,21,22). The number of nitrogens with zero attached hydrogens (tertiary/aromatic N) is 4. The third-order valence-electron chi connectivity index (χ3n) is 4.51. The van der Waals surface area contributed by atoms with Gasteiger partial charge >= 0.3 is 11.7 Å². The van der Waals surface area contributed by atoms with Crippen LogP contribution in [0.1, 0.15) is 19.8 Å². The minimum absolute atomic E-state index is 0.142. The molecular formula is C18H20IN5O4. The van der Waals surface area contributed by atoms with E-state index in [-0.39, 0.29) is 29.2 Å². The fourth-order valence-corrected chi connectivity index (χ4v) is 3.48. The summed E-state index contributed by atoms with van der Waals surface area (Å²) in [7, 11) is 0. The number of rotatable bonds is 6. The molecule has 1 N–H and O–H groups in total. The molecule has 1 aromatic carbocycles. The number of carbonyl (C=O) groups is 1. The maximum absolute atomic E-state index is 11.9. The van der Waals surface area contributed by atoms with Crippen LogP contribution in [0.15, 0.2) is 30.6 Å². The lowest BCUT2D eigenvalue weighted by Crippen LogP contribution is -2.37. The van der Waals surface area contributed by atoms with E-state index in [2.05, 4.69) is 37.9 Å². The molecule has 0 aliphatic carbocycles. The monoisotopic (exact) mass is 497 g/mol. The van der Waals surface area contributed by atoms with Gasteiger partial charge in [0.15, 0.2) is 0 Å². The zero-order chi connectivity index (χ0) is 20.1. The van der Waals surface area contributed by atoms with Crippen LogP contribution in [0.4, 0.5) is 23.0 Å². The number of halogens is 1. The normalized spacial score (nSPS) is 14.6. The van der Waals surface area contributed by atoms with Gasteiger partial charge < -0.3 is 15.0 Å². The summed E-state index contributed by atoms with van der Waals surface area (Å²) in [6.07, 6.45) is 2.45. The molecule has 10 heteroatoms. The molecule has 1 aliphatic heterocycles. The fraction of sp³-hybridized carbons (Fsp3) is 0.389. The Labute approximate surface area is 175 Å². The average Bonchev–Trinajstić information content (AvgIpc) is 2.69. The maximum atomic E-state index is 11.9. The molecule has 2 aromatic rings. The lowest BCUT2D eigenvalue weighted by atomic mass is 9.97. The van der Waals surface area contributed by atoms with Gasteiger partial charge in [0.25, 0.3) is 0 Å². The van der Waals surface area contributed by atoms with Gasteiger partial charge in [-0.3, -0.25) is 14.9 Å². The molecule has 0 bridgehead atoms. The zero-order valence-electron chi connectivity index (χ0n) is 15.3. The Kier molecular flexibility index (Phi) is 6.60. The molecule has 0 saturated carbocycles. The maximum Gasteiger partial charge on any atom is 0.353 e. The quantitative estimate of drug-likeness (QED) is 0.280. The molecule has 0 radical (unpaired) electrons. The Balaban J connectivity index is 1.81. The Morgan fingerprint density at radius 2 is 2.00 bits per heavy atom. The number of nitrogens with one attached hydrogen (secondary N) is 1. The number of carbonyl (C=O) groups excluding carboxylic acids is 1. The molecule has 0 atom stereocenters. The van der Waals surface area contributed by atoms with Crippen LogP contribution in [0.5, 0.6) is 0 Å². The molecular weight excluding hydrogens is 477 g/mol. The third kappa shape index (κ3) is 4.66. The predicted molar refractivity (Wildman–Crippen MR) is 113 cm³/mol. The number of hydrogen-bond donors (Lipinski definition) is 1. The minimum Gasteiger partial charge on any atom is -0.466 e. The van der Waals surface area contributed by atoms with E-state index in [0.29, 0.717) is 38.2 Å². The van der Waals surface area contributed by atoms with Gasteiger partial charge in [0.1, 0.15) is 6.33 Å². The molecule has 0 unspecified atom stereocenters. The average molecular weight is 497 g/mol. The van der Waals surface area contributed by atoms with Crippen LogP contribution in [0.3, 0.4) is 0 Å². The number of nitro groups is 1. The summed E-state index contributed by atoms with van der Waals surface area (Å²) in [6, 6.07) is 7.46. The smallest absolute Gasteiger partial charge is 0.353 e. The van der Waals surface area contributed by atoms with E-state index in [4.69, 9.17) is 4.74 Å². The highest BCUT2D eigenvalue weighted by molar-refractivity contribution is 14.1. The predicted octanol–water partition coefficient (Wildman–Crippen LogP) is 3.51. The lowest BCUT2D eigenvalue weighted by molar-refractivity contribution is -0.383. The molecule has 0 amide bonds. The van der Waals surface area contributed by atoms with E-state index in [1.165, 1.54) is 6.33 Å². The molecule has 3 rings (SSSR count). The second-order valence-corrected chi connectivity index (χ2v) is 7.54. The molecule has 1 aliphatic rings. The second-order valence-electron chi connectivity index (χ2n) is 6.30. The van der Waals surface area contributed by atoms with Gasteiger partial charge in [0.2, 0.25) is 11.6 Å². The van der Waals surface area contributed by atoms with Crippen LogP contribution in [0.25, 0.3) is 0 Å². The summed E-state index contributed by atoms with van der Waals surface area (Å²) < 4.78 is 6.14. The number of anilines is 3. The van der Waals surface area contributed by atoms with Gasteiger partial charge in [-0.15, -0.1) is 0 Å². The summed E-state index contributed by atoms with van der Waals surface area (Å²) in [5.41, 5.74) is 0.532. The first-order valence-corrected chi connectivity index (χ1v) is 10.0. The van der Waals surface area contributed by atoms with Gasteiger partial charge in [-0.1, -0.05) is 0 Å². The van der Waals surface area contributed by atoms with Crippen molar-refractivity contribution in [3.8, 4) is 0 Å². The van der Waals surface area contributed by atoms with Crippen molar-refractivity contribution >= 4 is 51.6 Å². The highest BCUT2D eigenvalue weighted by atomic mass is 127. The first-order chi connectivity index (χ1) is 13.5. The molecule has 9 nitrogen and oxygen atoms in total. The van der Waals surface area contributed by atoms with Crippen molar-refractivity contribution in [2.75, 3.05) is 29.9 Å². The summed E-state index contributed by atoms with van der Waals surface area (Å²) in [5, 5.41) is 14.8. The van der Waals surface area contributed by atoms with E-state index in [9.17, 15) is 14.9 Å². The molecule has 28 heavy (non-hydrogen) atoms. The highest BCUT2D eigenvalue weighted by Crippen LogP contribution is 2.35. The number of aromatic nitrogens is 2. The summed E-state index contributed by atoms with van der Waals surface area (Å²) in [5.74, 6) is 0.0147. The third-order valence-corrected chi connectivity index (χ3v) is 5.23. The van der Waals surface area contributed by atoms with Crippen molar-refractivity contribution in [3.05, 3.63) is 44.3 Å². The number of esters is 1. The van der Waals surface area contributed by atoms with Crippen LogP contribution in [-0.4, -0.2) is 40.6 Å². The summed E-state index contributed by atoms with van der Waals surface area (Å²) in [4.78, 5) is 33.3. The summed E-state index contributed by atoms with van der Waals surface area (Å²) in [6.45, 7) is 3.11. The number of ether oxygens (including phenoxy) is 1. The first kappa shape index (κ1) is 20.2. The van der Waals surface area contributed by atoms with Gasteiger partial charge in [0, 0.05) is 22.3 Å². The van der Waals surface area contributed by atoms with Crippen LogP contribution in [-0.2, 0) is 9.53 Å². The highest BCUT2D eigenvalue weighted by Gasteiger charge is 2.32. The van der Waals surface area contributed by atoms with Gasteiger partial charge in [-0.2, -0.15) is 0 Å². The zero-order valence-corrected chi connectivity index (χ0v) is 17.5. The topological polar surface area (TPSA) is 110 Å². The van der Waals surface area contributed by atoms with Gasteiger partial charge in [0.05, 0.1) is 17.4 Å². The SMILES string of the molecule is CCOC(=O)C1CCN(c2ncnc(Nc3ccc(I)cc3)c2[N+](=O)[O-])CC1. The van der Waals surface area contributed by atoms with Crippen LogP contribution in [0.2, 0.25) is 0 Å². The molecule has 2 heterocycles. The Hall–Kier alpha value is -2.50. The van der Waals surface area contributed by atoms with E-state index < -0.39 is 4.92 Å². The fourth-order valence-electron chi connectivity index (χ4n) is 3.12. The summed E-state index contributed by atoms with van der Waals surface area (Å²) >= 11 is 2.19. The molecule has 148 valence electrons. The van der Waals surface area contributed by atoms with Crippen molar-refractivity contribution in [1.82, 2.24) is 9.97 Å². The van der Waals surface area contributed by atoms with Crippen molar-refractivity contribution in [2.24, 2.45) is 5.92 Å². The Morgan fingerprint density at radius 3 is 2.61 bits per heavy atom. The number of piperidine rings is 1. The van der Waals surface area contributed by atoms with Crippen LogP contribution < -0.4 is 10.2 Å². The van der Waals surface area contributed by atoms with E-state index in [1.54, 1.807) is 6.92 Å². The first-order valence-electron chi connectivity index (χ1n) is 8.93. The minimum atomic E-state index is -0.470. The molecule has 0 spiro atoms. The molecule has 1 fully saturated rings. The van der Waals surface area contributed by atoms with E-state index in [0.717, 1.165) is 3.57 Å². The van der Waals surface area contributed by atoms with E-state index in [1.807, 2.05) is 29.2 Å². The molecule has 1 saturated heterocycles. The molecule has 1 aromatic heterocycles.